The maximum atomic E-state index is 3.62. The predicted octanol–water partition coefficient (Wildman–Crippen LogP) is 3.18. The number of likely N-dealkylation sites (N-methyl/N-ethyl adjacent to an activating group) is 1. The molecule has 1 aromatic rings. The summed E-state index contributed by atoms with van der Waals surface area (Å²) >= 11 is 3.62. The van der Waals surface area contributed by atoms with Crippen LogP contribution < -0.4 is 4.90 Å². The molecule has 0 aromatic heterocycles. The van der Waals surface area contributed by atoms with E-state index in [1.165, 1.54) is 15.7 Å². The molecule has 2 rings (SSSR count). The molecule has 0 saturated heterocycles. The van der Waals surface area contributed by atoms with Gasteiger partial charge in [0.15, 0.2) is 0 Å². The van der Waals surface area contributed by atoms with Gasteiger partial charge < -0.3 is 4.90 Å². The fourth-order valence-electron chi connectivity index (χ4n) is 2.26. The molecule has 1 aromatic carbocycles. The number of fused-ring (bicyclic) bond motifs is 1. The number of rotatable bonds is 0. The lowest BCUT2D eigenvalue weighted by atomic mass is 9.87. The smallest absolute Gasteiger partial charge is 0.0414 e. The largest absolute Gasteiger partial charge is 0.373 e. The van der Waals surface area contributed by atoms with Gasteiger partial charge >= 0.3 is 0 Å². The molecule has 0 unspecified atom stereocenters. The Labute approximate surface area is 87.9 Å². The van der Waals surface area contributed by atoms with E-state index in [1.54, 1.807) is 0 Å². The molecule has 0 radical (unpaired) electrons. The summed E-state index contributed by atoms with van der Waals surface area (Å²) in [6, 6.07) is 6.41. The number of hydrogen-bond acceptors (Lipinski definition) is 1. The Balaban J connectivity index is 2.66. The number of halogens is 1. The van der Waals surface area contributed by atoms with Gasteiger partial charge in [0.05, 0.1) is 0 Å². The summed E-state index contributed by atoms with van der Waals surface area (Å²) in [7, 11) is 2.15. The standard InChI is InChI=1S/C11H14BrN/c1-11(2)7-13(3)9-6-4-5-8(12)10(9)11/h4-6H,7H2,1-3H3. The first-order chi connectivity index (χ1) is 6.02. The Morgan fingerprint density at radius 3 is 2.69 bits per heavy atom. The van der Waals surface area contributed by atoms with E-state index in [2.05, 4.69) is 59.9 Å². The van der Waals surface area contributed by atoms with E-state index in [1.807, 2.05) is 0 Å². The van der Waals surface area contributed by atoms with Gasteiger partial charge in [-0.05, 0) is 17.7 Å². The lowest BCUT2D eigenvalue weighted by Gasteiger charge is -2.19. The summed E-state index contributed by atoms with van der Waals surface area (Å²) in [6.45, 7) is 5.69. The molecule has 1 nitrogen and oxygen atoms in total. The Kier molecular flexibility index (Phi) is 1.91. The van der Waals surface area contributed by atoms with Gasteiger partial charge in [0, 0.05) is 29.2 Å². The van der Waals surface area contributed by atoms with Crippen LogP contribution in [0.5, 0.6) is 0 Å². The molecule has 2 heteroatoms. The first kappa shape index (κ1) is 9.07. The number of nitrogens with zero attached hydrogens (tertiary/aromatic N) is 1. The summed E-state index contributed by atoms with van der Waals surface area (Å²) in [4.78, 5) is 2.32. The highest BCUT2D eigenvalue weighted by Crippen LogP contribution is 2.43. The second-order valence-corrected chi connectivity index (χ2v) is 5.23. The molecule has 0 amide bonds. The zero-order valence-electron chi connectivity index (χ0n) is 8.26. The zero-order chi connectivity index (χ0) is 9.64. The van der Waals surface area contributed by atoms with Crippen molar-refractivity contribution in [2.24, 2.45) is 0 Å². The molecule has 13 heavy (non-hydrogen) atoms. The number of benzene rings is 1. The minimum absolute atomic E-state index is 0.268. The summed E-state index contributed by atoms with van der Waals surface area (Å²) in [5, 5.41) is 0. The molecule has 0 aliphatic carbocycles. The Morgan fingerprint density at radius 2 is 2.08 bits per heavy atom. The molecular weight excluding hydrogens is 226 g/mol. The number of anilines is 1. The molecule has 1 aliphatic rings. The SMILES string of the molecule is CN1CC(C)(C)c2c(Br)cccc21. The lowest BCUT2D eigenvalue weighted by molar-refractivity contribution is 0.561. The average molecular weight is 240 g/mol. The van der Waals surface area contributed by atoms with Crippen molar-refractivity contribution in [3.05, 3.63) is 28.2 Å². The zero-order valence-corrected chi connectivity index (χ0v) is 9.85. The van der Waals surface area contributed by atoms with Crippen LogP contribution in [0.15, 0.2) is 22.7 Å². The van der Waals surface area contributed by atoms with E-state index in [4.69, 9.17) is 0 Å². The Hall–Kier alpha value is -0.500. The summed E-state index contributed by atoms with van der Waals surface area (Å²) in [5.41, 5.74) is 3.07. The molecule has 0 fully saturated rings. The van der Waals surface area contributed by atoms with E-state index in [9.17, 15) is 0 Å². The van der Waals surface area contributed by atoms with Crippen LogP contribution in [0.4, 0.5) is 5.69 Å². The van der Waals surface area contributed by atoms with Gasteiger partial charge in [0.25, 0.3) is 0 Å². The highest BCUT2D eigenvalue weighted by Gasteiger charge is 2.34. The number of hydrogen-bond donors (Lipinski definition) is 0. The van der Waals surface area contributed by atoms with Crippen molar-refractivity contribution < 1.29 is 0 Å². The van der Waals surface area contributed by atoms with Crippen molar-refractivity contribution in [1.29, 1.82) is 0 Å². The van der Waals surface area contributed by atoms with Gasteiger partial charge in [-0.15, -0.1) is 0 Å². The molecule has 1 heterocycles. The van der Waals surface area contributed by atoms with E-state index in [0.717, 1.165) is 6.54 Å². The second kappa shape index (κ2) is 2.74. The second-order valence-electron chi connectivity index (χ2n) is 4.37. The third-order valence-corrected chi connectivity index (χ3v) is 3.37. The van der Waals surface area contributed by atoms with E-state index in [0.29, 0.717) is 0 Å². The fourth-order valence-corrected chi connectivity index (χ4v) is 3.15. The minimum atomic E-state index is 0.268. The molecule has 0 saturated carbocycles. The highest BCUT2D eigenvalue weighted by atomic mass is 79.9. The molecule has 70 valence electrons. The molecule has 0 N–H and O–H groups in total. The van der Waals surface area contributed by atoms with Crippen molar-refractivity contribution in [1.82, 2.24) is 0 Å². The van der Waals surface area contributed by atoms with Gasteiger partial charge in [-0.1, -0.05) is 35.8 Å². The molecule has 0 bridgehead atoms. The van der Waals surface area contributed by atoms with Gasteiger partial charge in [0.2, 0.25) is 0 Å². The molecule has 0 atom stereocenters. The van der Waals surface area contributed by atoms with Crippen LogP contribution in [0, 0.1) is 0 Å². The first-order valence-corrected chi connectivity index (χ1v) is 5.32. The Morgan fingerprint density at radius 1 is 1.38 bits per heavy atom. The van der Waals surface area contributed by atoms with E-state index in [-0.39, 0.29) is 5.41 Å². The van der Waals surface area contributed by atoms with Crippen molar-refractivity contribution in [3.63, 3.8) is 0 Å². The van der Waals surface area contributed by atoms with Crippen LogP contribution in [0.3, 0.4) is 0 Å². The average Bonchev–Trinajstić information content (AvgIpc) is 2.24. The van der Waals surface area contributed by atoms with Crippen LogP contribution in [0.25, 0.3) is 0 Å². The van der Waals surface area contributed by atoms with E-state index < -0.39 is 0 Å². The topological polar surface area (TPSA) is 3.24 Å². The third-order valence-electron chi connectivity index (χ3n) is 2.71. The van der Waals surface area contributed by atoms with Crippen molar-refractivity contribution in [3.8, 4) is 0 Å². The van der Waals surface area contributed by atoms with Crippen LogP contribution >= 0.6 is 15.9 Å². The maximum absolute atomic E-state index is 3.62. The van der Waals surface area contributed by atoms with Crippen molar-refractivity contribution >= 4 is 21.6 Å². The van der Waals surface area contributed by atoms with Crippen LogP contribution in [-0.2, 0) is 5.41 Å². The maximum Gasteiger partial charge on any atom is 0.0414 e. The normalized spacial score (nSPS) is 18.9. The van der Waals surface area contributed by atoms with Gasteiger partial charge in [0.1, 0.15) is 0 Å². The van der Waals surface area contributed by atoms with Crippen LogP contribution in [-0.4, -0.2) is 13.6 Å². The van der Waals surface area contributed by atoms with Crippen molar-refractivity contribution in [2.45, 2.75) is 19.3 Å². The summed E-state index contributed by atoms with van der Waals surface area (Å²) < 4.78 is 1.24. The fraction of sp³-hybridized carbons (Fsp3) is 0.455. The lowest BCUT2D eigenvalue weighted by Crippen LogP contribution is -2.25. The monoisotopic (exact) mass is 239 g/mol. The first-order valence-electron chi connectivity index (χ1n) is 4.52. The van der Waals surface area contributed by atoms with Crippen molar-refractivity contribution in [2.75, 3.05) is 18.5 Å². The van der Waals surface area contributed by atoms with E-state index >= 15 is 0 Å². The Bertz CT molecular complexity index is 344. The van der Waals surface area contributed by atoms with Crippen LogP contribution in [0.2, 0.25) is 0 Å². The van der Waals surface area contributed by atoms with Gasteiger partial charge in [-0.2, -0.15) is 0 Å². The van der Waals surface area contributed by atoms with Gasteiger partial charge in [-0.3, -0.25) is 0 Å². The summed E-state index contributed by atoms with van der Waals surface area (Å²) in [6.07, 6.45) is 0. The molecular formula is C11H14BrN. The quantitative estimate of drug-likeness (QED) is 0.673. The predicted molar refractivity (Wildman–Crippen MR) is 60.4 cm³/mol. The van der Waals surface area contributed by atoms with Crippen LogP contribution in [0.1, 0.15) is 19.4 Å². The summed E-state index contributed by atoms with van der Waals surface area (Å²) in [5.74, 6) is 0. The molecule has 0 spiro atoms. The van der Waals surface area contributed by atoms with Gasteiger partial charge in [-0.25, -0.2) is 0 Å². The highest BCUT2D eigenvalue weighted by molar-refractivity contribution is 9.10. The molecule has 1 aliphatic heterocycles. The third kappa shape index (κ3) is 1.28. The minimum Gasteiger partial charge on any atom is -0.373 e.